The zero-order chi connectivity index (χ0) is 22.5. The van der Waals surface area contributed by atoms with Crippen LogP contribution in [-0.4, -0.2) is 45.8 Å². The average Bonchev–Trinajstić information content (AvgIpc) is 3.66. The van der Waals surface area contributed by atoms with E-state index in [1.165, 1.54) is 12.4 Å². The van der Waals surface area contributed by atoms with E-state index in [0.29, 0.717) is 36.0 Å². The first kappa shape index (κ1) is 21.0. The monoisotopic (exact) mass is 440 g/mol. The van der Waals surface area contributed by atoms with Gasteiger partial charge >= 0.3 is 6.09 Å². The van der Waals surface area contributed by atoms with E-state index in [1.807, 2.05) is 26.8 Å². The predicted molar refractivity (Wildman–Crippen MR) is 118 cm³/mol. The number of benzene rings is 1. The van der Waals surface area contributed by atoms with Gasteiger partial charge < -0.3 is 19.7 Å². The SMILES string of the molecule is CCc1ccc(Nc2ncnc(OC3CN(C(=O)OC4(C)CC4)CC34CC4)c2C)c(F)c1. The van der Waals surface area contributed by atoms with E-state index in [9.17, 15) is 9.18 Å². The summed E-state index contributed by atoms with van der Waals surface area (Å²) in [7, 11) is 0. The molecule has 5 rings (SSSR count). The summed E-state index contributed by atoms with van der Waals surface area (Å²) < 4.78 is 26.4. The van der Waals surface area contributed by atoms with Gasteiger partial charge in [0.1, 0.15) is 29.7 Å². The first-order valence-corrected chi connectivity index (χ1v) is 11.3. The van der Waals surface area contributed by atoms with Crippen LogP contribution in [-0.2, 0) is 11.2 Å². The maximum Gasteiger partial charge on any atom is 0.410 e. The van der Waals surface area contributed by atoms with Crippen LogP contribution in [0.5, 0.6) is 5.88 Å². The molecule has 7 nitrogen and oxygen atoms in total. The number of likely N-dealkylation sites (tertiary alicyclic amines) is 1. The molecule has 2 aliphatic carbocycles. The van der Waals surface area contributed by atoms with Gasteiger partial charge in [0.25, 0.3) is 0 Å². The van der Waals surface area contributed by atoms with E-state index >= 15 is 0 Å². The van der Waals surface area contributed by atoms with Crippen molar-refractivity contribution in [3.05, 3.63) is 41.5 Å². The largest absolute Gasteiger partial charge is 0.471 e. The Labute approximate surface area is 187 Å². The molecule has 3 aliphatic rings. The molecule has 32 heavy (non-hydrogen) atoms. The van der Waals surface area contributed by atoms with Gasteiger partial charge in [-0.05, 0) is 63.6 Å². The molecule has 1 N–H and O–H groups in total. The predicted octanol–water partition coefficient (Wildman–Crippen LogP) is 4.76. The standard InChI is InChI=1S/C24H29FN4O3/c1-4-16-5-6-18(17(25)11-16)28-20-15(2)21(27-14-26-20)31-19-12-29(13-24(19)9-10-24)22(30)32-23(3)7-8-23/h5-6,11,14,19H,4,7-10,12-13H2,1-3H3,(H,26,27,28). The van der Waals surface area contributed by atoms with Gasteiger partial charge in [-0.15, -0.1) is 0 Å². The third kappa shape index (κ3) is 3.98. The highest BCUT2D eigenvalue weighted by Gasteiger charge is 2.59. The Bertz CT molecular complexity index is 1050. The number of halogens is 1. The number of carbonyl (C=O) groups excluding carboxylic acids is 1. The van der Waals surface area contributed by atoms with E-state index < -0.39 is 0 Å². The molecule has 0 radical (unpaired) electrons. The normalized spacial score (nSPS) is 22.0. The molecule has 1 amide bonds. The average molecular weight is 441 g/mol. The third-order valence-corrected chi connectivity index (χ3v) is 7.00. The van der Waals surface area contributed by atoms with Crippen LogP contribution < -0.4 is 10.1 Å². The molecule has 170 valence electrons. The van der Waals surface area contributed by atoms with Crippen molar-refractivity contribution in [2.24, 2.45) is 5.41 Å². The highest BCUT2D eigenvalue weighted by molar-refractivity contribution is 5.69. The van der Waals surface area contributed by atoms with Crippen molar-refractivity contribution in [1.82, 2.24) is 14.9 Å². The molecule has 2 saturated carbocycles. The summed E-state index contributed by atoms with van der Waals surface area (Å²) in [5, 5.41) is 3.06. The fraction of sp³-hybridized carbons (Fsp3) is 0.542. The summed E-state index contributed by atoms with van der Waals surface area (Å²) >= 11 is 0. The molecule has 3 fully saturated rings. The van der Waals surface area contributed by atoms with Crippen LogP contribution in [0.2, 0.25) is 0 Å². The lowest BCUT2D eigenvalue weighted by Crippen LogP contribution is -2.34. The van der Waals surface area contributed by atoms with Crippen molar-refractivity contribution < 1.29 is 18.7 Å². The van der Waals surface area contributed by atoms with E-state index in [2.05, 4.69) is 15.3 Å². The van der Waals surface area contributed by atoms with Crippen molar-refractivity contribution >= 4 is 17.6 Å². The molecule has 0 bridgehead atoms. The van der Waals surface area contributed by atoms with Crippen LogP contribution in [0.15, 0.2) is 24.5 Å². The second-order valence-electron chi connectivity index (χ2n) is 9.61. The summed E-state index contributed by atoms with van der Waals surface area (Å²) in [6, 6.07) is 5.14. The van der Waals surface area contributed by atoms with Gasteiger partial charge in [0.05, 0.1) is 17.8 Å². The summed E-state index contributed by atoms with van der Waals surface area (Å²) in [5.41, 5.74) is 1.68. The van der Waals surface area contributed by atoms with Crippen LogP contribution in [0, 0.1) is 18.2 Å². The van der Waals surface area contributed by atoms with Crippen molar-refractivity contribution in [2.75, 3.05) is 18.4 Å². The van der Waals surface area contributed by atoms with Gasteiger partial charge in [0.15, 0.2) is 0 Å². The van der Waals surface area contributed by atoms with Crippen LogP contribution in [0.4, 0.5) is 20.7 Å². The zero-order valence-corrected chi connectivity index (χ0v) is 18.8. The molecule has 1 spiro atoms. The van der Waals surface area contributed by atoms with E-state index in [-0.39, 0.29) is 29.0 Å². The Hall–Kier alpha value is -2.90. The Morgan fingerprint density at radius 3 is 2.72 bits per heavy atom. The Morgan fingerprint density at radius 1 is 1.28 bits per heavy atom. The minimum absolute atomic E-state index is 0.0312. The molecule has 1 aromatic heterocycles. The van der Waals surface area contributed by atoms with Crippen molar-refractivity contribution in [2.45, 2.75) is 64.6 Å². The molecule has 1 unspecified atom stereocenters. The molecule has 1 saturated heterocycles. The van der Waals surface area contributed by atoms with Gasteiger partial charge in [0.2, 0.25) is 5.88 Å². The topological polar surface area (TPSA) is 76.6 Å². The molecule has 1 aliphatic heterocycles. The van der Waals surface area contributed by atoms with Crippen molar-refractivity contribution in [3.8, 4) is 5.88 Å². The zero-order valence-electron chi connectivity index (χ0n) is 18.8. The molecular weight excluding hydrogens is 411 g/mol. The number of nitrogens with one attached hydrogen (secondary N) is 1. The van der Waals surface area contributed by atoms with Crippen LogP contribution >= 0.6 is 0 Å². The second-order valence-corrected chi connectivity index (χ2v) is 9.61. The lowest BCUT2D eigenvalue weighted by atomic mass is 10.0. The highest BCUT2D eigenvalue weighted by atomic mass is 19.1. The highest BCUT2D eigenvalue weighted by Crippen LogP contribution is 2.54. The first-order chi connectivity index (χ1) is 15.3. The summed E-state index contributed by atoms with van der Waals surface area (Å²) in [5.74, 6) is 0.628. The minimum atomic E-state index is -0.323. The molecule has 2 aromatic rings. The second kappa shape index (κ2) is 7.60. The first-order valence-electron chi connectivity index (χ1n) is 11.3. The summed E-state index contributed by atoms with van der Waals surface area (Å²) in [6.45, 7) is 6.94. The number of aryl methyl sites for hydroxylation is 1. The number of amides is 1. The third-order valence-electron chi connectivity index (χ3n) is 7.00. The van der Waals surface area contributed by atoms with Gasteiger partial charge in [0, 0.05) is 12.0 Å². The van der Waals surface area contributed by atoms with E-state index in [1.54, 1.807) is 11.0 Å². The molecule has 2 heterocycles. The number of nitrogens with zero attached hydrogens (tertiary/aromatic N) is 3. The maximum atomic E-state index is 14.4. The number of hydrogen-bond acceptors (Lipinski definition) is 6. The fourth-order valence-electron chi connectivity index (χ4n) is 4.26. The Kier molecular flexibility index (Phi) is 4.98. The van der Waals surface area contributed by atoms with Gasteiger partial charge in [-0.3, -0.25) is 0 Å². The number of anilines is 2. The van der Waals surface area contributed by atoms with Crippen LogP contribution in [0.3, 0.4) is 0 Å². The van der Waals surface area contributed by atoms with Gasteiger partial charge in [-0.2, -0.15) is 0 Å². The maximum absolute atomic E-state index is 14.4. The number of aromatic nitrogens is 2. The smallest absolute Gasteiger partial charge is 0.410 e. The van der Waals surface area contributed by atoms with Gasteiger partial charge in [-0.25, -0.2) is 19.2 Å². The molecule has 1 aromatic carbocycles. The van der Waals surface area contributed by atoms with Crippen molar-refractivity contribution in [3.63, 3.8) is 0 Å². The summed E-state index contributed by atoms with van der Waals surface area (Å²) in [6.07, 6.45) is 5.67. The number of rotatable bonds is 6. The minimum Gasteiger partial charge on any atom is -0.471 e. The lowest BCUT2D eigenvalue weighted by Gasteiger charge is -2.20. The number of carbonyl (C=O) groups is 1. The quantitative estimate of drug-likeness (QED) is 0.698. The van der Waals surface area contributed by atoms with E-state index in [4.69, 9.17) is 9.47 Å². The molecular formula is C24H29FN4O3. The molecule has 1 atom stereocenters. The van der Waals surface area contributed by atoms with Crippen LogP contribution in [0.1, 0.15) is 50.7 Å². The number of ether oxygens (including phenoxy) is 2. The van der Waals surface area contributed by atoms with Gasteiger partial charge in [-0.1, -0.05) is 13.0 Å². The number of hydrogen-bond donors (Lipinski definition) is 1. The Morgan fingerprint density at radius 2 is 2.06 bits per heavy atom. The van der Waals surface area contributed by atoms with E-state index in [0.717, 1.165) is 37.7 Å². The van der Waals surface area contributed by atoms with Crippen LogP contribution in [0.25, 0.3) is 0 Å². The summed E-state index contributed by atoms with van der Waals surface area (Å²) in [4.78, 5) is 23.0. The van der Waals surface area contributed by atoms with Crippen molar-refractivity contribution in [1.29, 1.82) is 0 Å². The molecule has 8 heteroatoms. The Balaban J connectivity index is 1.30. The lowest BCUT2D eigenvalue weighted by molar-refractivity contribution is 0.0612. The fourth-order valence-corrected chi connectivity index (χ4v) is 4.26.